The van der Waals surface area contributed by atoms with E-state index in [1.165, 1.54) is 6.07 Å². The van der Waals surface area contributed by atoms with Crippen LogP contribution in [-0.2, 0) is 0 Å². The quantitative estimate of drug-likeness (QED) is 0.149. The van der Waals surface area contributed by atoms with E-state index in [-0.39, 0.29) is 17.1 Å². The maximum absolute atomic E-state index is 13.2. The molecular weight excluding hydrogens is 542 g/mol. The molecule has 1 aliphatic rings. The summed E-state index contributed by atoms with van der Waals surface area (Å²) in [6.07, 6.45) is 0. The Morgan fingerprint density at radius 2 is 1.45 bits per heavy atom. The van der Waals surface area contributed by atoms with Gasteiger partial charge >= 0.3 is 11.4 Å². The average Bonchev–Trinajstić information content (AvgIpc) is 3.44. The fourth-order valence-corrected chi connectivity index (χ4v) is 5.19. The average molecular weight is 572 g/mol. The Morgan fingerprint density at radius 3 is 2.07 bits per heavy atom. The van der Waals surface area contributed by atoms with Crippen LogP contribution in [0.5, 0.6) is 0 Å². The molecule has 216 valence electrons. The number of nitrogens with zero attached hydrogens (tertiary/aromatic N) is 5. The van der Waals surface area contributed by atoms with Crippen molar-refractivity contribution < 1.29 is 23.9 Å². The molecule has 2 heterocycles. The van der Waals surface area contributed by atoms with Gasteiger partial charge in [-0.25, -0.2) is 0 Å². The molecule has 0 unspecified atom stereocenters. The smallest absolute Gasteiger partial charge is 0.346 e. The maximum atomic E-state index is 13.2. The molecule has 3 aromatic carbocycles. The molecular formula is C30H29N5O7. The van der Waals surface area contributed by atoms with Crippen LogP contribution >= 0.6 is 0 Å². The maximum Gasteiger partial charge on any atom is 0.346 e. The molecule has 12 heteroatoms. The van der Waals surface area contributed by atoms with Gasteiger partial charge in [-0.2, -0.15) is 0 Å². The van der Waals surface area contributed by atoms with Crippen molar-refractivity contribution in [2.75, 3.05) is 49.1 Å². The van der Waals surface area contributed by atoms with Crippen molar-refractivity contribution in [1.29, 1.82) is 0 Å². The number of carbonyl (C=O) groups is 2. The molecule has 12 nitrogen and oxygen atoms in total. The van der Waals surface area contributed by atoms with Gasteiger partial charge in [-0.3, -0.25) is 29.8 Å². The fraction of sp³-hybridized carbons (Fsp3) is 0.267. The van der Waals surface area contributed by atoms with E-state index in [2.05, 4.69) is 23.6 Å². The number of nitro groups is 2. The highest BCUT2D eigenvalue weighted by Gasteiger charge is 2.29. The molecule has 42 heavy (non-hydrogen) atoms. The molecule has 0 aliphatic carbocycles. The van der Waals surface area contributed by atoms with Gasteiger partial charge in [-0.1, -0.05) is 0 Å². The minimum Gasteiger partial charge on any atom is -0.452 e. The van der Waals surface area contributed by atoms with Crippen molar-refractivity contribution in [1.82, 2.24) is 4.90 Å². The van der Waals surface area contributed by atoms with Crippen molar-refractivity contribution in [3.63, 3.8) is 0 Å². The van der Waals surface area contributed by atoms with Crippen molar-refractivity contribution in [2.24, 2.45) is 0 Å². The molecule has 1 aliphatic heterocycles. The SMILES string of the molecule is CCN(CC)c1ccc2cc(C(=O)c3ccc(N4CCN(C(=O)c5ccc([N+](=O)[O-])c([N+](=O)[O-])c5)CC4)cc3)oc2c1. The lowest BCUT2D eigenvalue weighted by Crippen LogP contribution is -2.48. The predicted molar refractivity (Wildman–Crippen MR) is 158 cm³/mol. The standard InChI is InChI=1S/C30H29N5O7/c1-3-31(4-2)24-11-7-21-18-28(42-27(21)19-24)29(36)20-5-9-23(10-6-20)32-13-15-33(16-14-32)30(37)22-8-12-25(34(38)39)26(17-22)35(40)41/h5-12,17-19H,3-4,13-16H2,1-2H3. The number of hydrogen-bond acceptors (Lipinski definition) is 9. The summed E-state index contributed by atoms with van der Waals surface area (Å²) in [5.41, 5.74) is 1.74. The van der Waals surface area contributed by atoms with Gasteiger partial charge in [0.2, 0.25) is 5.78 Å². The van der Waals surface area contributed by atoms with Gasteiger partial charge in [0.25, 0.3) is 5.91 Å². The Bertz CT molecular complexity index is 1670. The van der Waals surface area contributed by atoms with E-state index < -0.39 is 27.1 Å². The number of benzene rings is 3. The first-order valence-electron chi connectivity index (χ1n) is 13.6. The minimum absolute atomic E-state index is 0.0264. The number of anilines is 2. The number of fused-ring (bicyclic) bond motifs is 1. The van der Waals surface area contributed by atoms with Crippen LogP contribution in [0.25, 0.3) is 11.0 Å². The lowest BCUT2D eigenvalue weighted by molar-refractivity contribution is -0.422. The van der Waals surface area contributed by atoms with Gasteiger partial charge in [0.1, 0.15) is 5.58 Å². The second kappa shape index (κ2) is 11.7. The lowest BCUT2D eigenvalue weighted by atomic mass is 10.1. The molecule has 0 N–H and O–H groups in total. The predicted octanol–water partition coefficient (Wildman–Crippen LogP) is 5.29. The number of carbonyl (C=O) groups excluding carboxylic acids is 2. The van der Waals surface area contributed by atoms with Crippen molar-refractivity contribution in [3.05, 3.63) is 104 Å². The Hall–Kier alpha value is -5.26. The normalized spacial score (nSPS) is 13.3. The van der Waals surface area contributed by atoms with E-state index in [9.17, 15) is 29.8 Å². The van der Waals surface area contributed by atoms with Gasteiger partial charge in [0.15, 0.2) is 5.76 Å². The molecule has 1 fully saturated rings. The zero-order chi connectivity index (χ0) is 30.0. The highest BCUT2D eigenvalue weighted by Crippen LogP contribution is 2.29. The lowest BCUT2D eigenvalue weighted by Gasteiger charge is -2.36. The van der Waals surface area contributed by atoms with E-state index in [1.54, 1.807) is 23.1 Å². The molecule has 1 aromatic heterocycles. The summed E-state index contributed by atoms with van der Waals surface area (Å²) in [5, 5.41) is 23.2. The number of rotatable bonds is 9. The van der Waals surface area contributed by atoms with Crippen LogP contribution < -0.4 is 9.80 Å². The molecule has 0 spiro atoms. The van der Waals surface area contributed by atoms with Gasteiger partial charge in [0, 0.05) is 85.4 Å². The largest absolute Gasteiger partial charge is 0.452 e. The van der Waals surface area contributed by atoms with Gasteiger partial charge in [-0.05, 0) is 62.4 Å². The topological polar surface area (TPSA) is 143 Å². The molecule has 5 rings (SSSR count). The number of piperazine rings is 1. The van der Waals surface area contributed by atoms with Gasteiger partial charge < -0.3 is 19.1 Å². The zero-order valence-corrected chi connectivity index (χ0v) is 23.2. The number of ketones is 1. The van der Waals surface area contributed by atoms with Crippen LogP contribution in [0, 0.1) is 20.2 Å². The Kier molecular flexibility index (Phi) is 7.87. The van der Waals surface area contributed by atoms with Crippen LogP contribution in [0.2, 0.25) is 0 Å². The summed E-state index contributed by atoms with van der Waals surface area (Å²) < 4.78 is 5.93. The summed E-state index contributed by atoms with van der Waals surface area (Å²) in [7, 11) is 0. The molecule has 0 bridgehead atoms. The molecule has 1 amide bonds. The monoisotopic (exact) mass is 571 g/mol. The van der Waals surface area contributed by atoms with Crippen molar-refractivity contribution >= 4 is 45.4 Å². The number of furan rings is 1. The first-order valence-corrected chi connectivity index (χ1v) is 13.6. The van der Waals surface area contributed by atoms with Gasteiger partial charge in [0.05, 0.1) is 9.85 Å². The molecule has 0 atom stereocenters. The Labute approximate surface area is 241 Å². The summed E-state index contributed by atoms with van der Waals surface area (Å²) in [6.45, 7) is 7.65. The van der Waals surface area contributed by atoms with E-state index in [4.69, 9.17) is 4.42 Å². The van der Waals surface area contributed by atoms with Crippen LogP contribution in [0.15, 0.2) is 71.1 Å². The van der Waals surface area contributed by atoms with E-state index in [0.717, 1.165) is 42.0 Å². The molecule has 1 saturated heterocycles. The third-order valence-electron chi connectivity index (χ3n) is 7.53. The second-order valence-electron chi connectivity index (χ2n) is 9.88. The van der Waals surface area contributed by atoms with Crippen molar-refractivity contribution in [3.8, 4) is 0 Å². The summed E-state index contributed by atoms with van der Waals surface area (Å²) in [5.74, 6) is -0.369. The molecule has 0 saturated carbocycles. The summed E-state index contributed by atoms with van der Waals surface area (Å²) >= 11 is 0. The molecule has 0 radical (unpaired) electrons. The number of amides is 1. The van der Waals surface area contributed by atoms with E-state index in [1.807, 2.05) is 30.3 Å². The third kappa shape index (κ3) is 5.51. The number of hydrogen-bond donors (Lipinski definition) is 0. The van der Waals surface area contributed by atoms with E-state index in [0.29, 0.717) is 37.3 Å². The number of nitro benzene ring substituents is 2. The van der Waals surface area contributed by atoms with Crippen LogP contribution in [-0.4, -0.2) is 65.7 Å². The zero-order valence-electron chi connectivity index (χ0n) is 23.2. The highest BCUT2D eigenvalue weighted by molar-refractivity contribution is 6.09. The Morgan fingerprint density at radius 1 is 0.810 bits per heavy atom. The molecule has 4 aromatic rings. The first kappa shape index (κ1) is 28.3. The van der Waals surface area contributed by atoms with Crippen molar-refractivity contribution in [2.45, 2.75) is 13.8 Å². The van der Waals surface area contributed by atoms with Crippen LogP contribution in [0.1, 0.15) is 40.3 Å². The second-order valence-corrected chi connectivity index (χ2v) is 9.88. The van der Waals surface area contributed by atoms with E-state index >= 15 is 0 Å². The fourth-order valence-electron chi connectivity index (χ4n) is 5.19. The van der Waals surface area contributed by atoms with Crippen LogP contribution in [0.3, 0.4) is 0 Å². The Balaban J connectivity index is 1.23. The minimum atomic E-state index is -0.862. The van der Waals surface area contributed by atoms with Gasteiger partial charge in [-0.15, -0.1) is 0 Å². The van der Waals surface area contributed by atoms with Crippen LogP contribution in [0.4, 0.5) is 22.7 Å². The first-order chi connectivity index (χ1) is 20.2. The summed E-state index contributed by atoms with van der Waals surface area (Å²) in [4.78, 5) is 52.6. The third-order valence-corrected chi connectivity index (χ3v) is 7.53. The summed E-state index contributed by atoms with van der Waals surface area (Å²) in [6, 6.07) is 18.1. The highest BCUT2D eigenvalue weighted by atomic mass is 16.6.